The lowest BCUT2D eigenvalue weighted by Gasteiger charge is -2.42. The Balaban J connectivity index is 1.67. The molecule has 0 radical (unpaired) electrons. The van der Waals surface area contributed by atoms with Crippen molar-refractivity contribution in [3.63, 3.8) is 0 Å². The van der Waals surface area contributed by atoms with Crippen LogP contribution in [0.1, 0.15) is 25.5 Å². The molecular weight excluding hydrogens is 212 g/mol. The summed E-state index contributed by atoms with van der Waals surface area (Å²) in [7, 11) is 0. The van der Waals surface area contributed by atoms with Crippen LogP contribution in [0.25, 0.3) is 0 Å². The molecule has 0 saturated carbocycles. The van der Waals surface area contributed by atoms with E-state index < -0.39 is 0 Å². The van der Waals surface area contributed by atoms with Crippen molar-refractivity contribution >= 4 is 0 Å². The van der Waals surface area contributed by atoms with Gasteiger partial charge >= 0.3 is 0 Å². The first-order chi connectivity index (χ1) is 8.33. The van der Waals surface area contributed by atoms with Crippen LogP contribution in [0.5, 0.6) is 0 Å². The van der Waals surface area contributed by atoms with Crippen molar-refractivity contribution in [2.75, 3.05) is 19.6 Å². The van der Waals surface area contributed by atoms with Crippen molar-refractivity contribution in [1.29, 1.82) is 0 Å². The minimum Gasteiger partial charge on any atom is -0.298 e. The van der Waals surface area contributed by atoms with E-state index >= 15 is 0 Å². The lowest BCUT2D eigenvalue weighted by molar-refractivity contribution is 0.0531. The summed E-state index contributed by atoms with van der Waals surface area (Å²) in [4.78, 5) is 13.5. The Bertz CT molecular complexity index is 367. The van der Waals surface area contributed by atoms with E-state index in [4.69, 9.17) is 0 Å². The fourth-order valence-corrected chi connectivity index (χ4v) is 3.09. The Morgan fingerprint density at radius 3 is 3.18 bits per heavy atom. The molecule has 3 heterocycles. The van der Waals surface area contributed by atoms with Gasteiger partial charge in [-0.05, 0) is 32.4 Å². The molecule has 3 rings (SSSR count). The van der Waals surface area contributed by atoms with Crippen molar-refractivity contribution in [3.05, 3.63) is 24.3 Å². The van der Waals surface area contributed by atoms with E-state index in [1.54, 1.807) is 6.33 Å². The van der Waals surface area contributed by atoms with Crippen LogP contribution in [-0.4, -0.2) is 51.5 Å². The molecule has 2 unspecified atom stereocenters. The molecular formula is C13H20N4. The van der Waals surface area contributed by atoms with Crippen LogP contribution in [-0.2, 0) is 6.54 Å². The van der Waals surface area contributed by atoms with Gasteiger partial charge < -0.3 is 0 Å². The molecule has 2 aliphatic rings. The molecule has 1 aromatic rings. The summed E-state index contributed by atoms with van der Waals surface area (Å²) in [6.07, 6.45) is 6.22. The second-order valence-electron chi connectivity index (χ2n) is 5.27. The predicted octanol–water partition coefficient (Wildman–Crippen LogP) is 1.15. The fraction of sp³-hybridized carbons (Fsp3) is 0.692. The summed E-state index contributed by atoms with van der Waals surface area (Å²) in [6, 6.07) is 3.45. The molecule has 2 aliphatic heterocycles. The van der Waals surface area contributed by atoms with Crippen LogP contribution in [0.3, 0.4) is 0 Å². The zero-order chi connectivity index (χ0) is 11.7. The van der Waals surface area contributed by atoms with Gasteiger partial charge in [0.05, 0.1) is 5.69 Å². The van der Waals surface area contributed by atoms with Gasteiger partial charge in [0, 0.05) is 37.9 Å². The molecule has 0 spiro atoms. The van der Waals surface area contributed by atoms with Gasteiger partial charge in [0.1, 0.15) is 6.33 Å². The van der Waals surface area contributed by atoms with Crippen LogP contribution in [0.15, 0.2) is 18.6 Å². The summed E-state index contributed by atoms with van der Waals surface area (Å²) in [5.74, 6) is 0. The molecule has 2 atom stereocenters. The lowest BCUT2D eigenvalue weighted by Crippen LogP contribution is -2.54. The first kappa shape index (κ1) is 11.1. The van der Waals surface area contributed by atoms with Gasteiger partial charge in [0.2, 0.25) is 0 Å². The van der Waals surface area contributed by atoms with Crippen molar-refractivity contribution in [2.24, 2.45) is 0 Å². The average molecular weight is 232 g/mol. The summed E-state index contributed by atoms with van der Waals surface area (Å²) >= 11 is 0. The van der Waals surface area contributed by atoms with Gasteiger partial charge in [0.15, 0.2) is 0 Å². The Morgan fingerprint density at radius 2 is 2.35 bits per heavy atom. The van der Waals surface area contributed by atoms with E-state index in [0.717, 1.165) is 18.3 Å². The molecule has 17 heavy (non-hydrogen) atoms. The summed E-state index contributed by atoms with van der Waals surface area (Å²) in [5, 5.41) is 0. The number of nitrogens with zero attached hydrogens (tertiary/aromatic N) is 4. The number of fused-ring (bicyclic) bond motifs is 1. The molecule has 4 nitrogen and oxygen atoms in total. The quantitative estimate of drug-likeness (QED) is 0.765. The number of hydrogen-bond acceptors (Lipinski definition) is 4. The standard InChI is InChI=1S/C13H20N4/c1-11-7-16-6-2-3-13(16)9-17(11)8-12-4-5-14-10-15-12/h4-5,10-11,13H,2-3,6-9H2,1H3. The highest BCUT2D eigenvalue weighted by Crippen LogP contribution is 2.25. The first-order valence-corrected chi connectivity index (χ1v) is 6.56. The fourth-order valence-electron chi connectivity index (χ4n) is 3.09. The van der Waals surface area contributed by atoms with Crippen molar-refractivity contribution in [3.8, 4) is 0 Å². The average Bonchev–Trinajstić information content (AvgIpc) is 2.78. The number of piperazine rings is 1. The highest BCUT2D eigenvalue weighted by Gasteiger charge is 2.34. The maximum absolute atomic E-state index is 4.33. The highest BCUT2D eigenvalue weighted by molar-refractivity contribution is 5.00. The summed E-state index contributed by atoms with van der Waals surface area (Å²) < 4.78 is 0. The lowest BCUT2D eigenvalue weighted by atomic mass is 10.1. The molecule has 2 fully saturated rings. The zero-order valence-corrected chi connectivity index (χ0v) is 10.4. The maximum Gasteiger partial charge on any atom is 0.115 e. The number of aromatic nitrogens is 2. The highest BCUT2D eigenvalue weighted by atomic mass is 15.3. The number of hydrogen-bond donors (Lipinski definition) is 0. The minimum atomic E-state index is 0.638. The van der Waals surface area contributed by atoms with E-state index in [0.29, 0.717) is 6.04 Å². The molecule has 0 aliphatic carbocycles. The Kier molecular flexibility index (Phi) is 3.07. The predicted molar refractivity (Wildman–Crippen MR) is 66.5 cm³/mol. The van der Waals surface area contributed by atoms with Gasteiger partial charge in [-0.3, -0.25) is 9.80 Å². The second kappa shape index (κ2) is 4.70. The van der Waals surface area contributed by atoms with Gasteiger partial charge in [-0.25, -0.2) is 9.97 Å². The smallest absolute Gasteiger partial charge is 0.115 e. The van der Waals surface area contributed by atoms with Crippen LogP contribution in [0.2, 0.25) is 0 Å². The van der Waals surface area contributed by atoms with E-state index in [1.165, 1.54) is 32.5 Å². The largest absolute Gasteiger partial charge is 0.298 e. The third kappa shape index (κ3) is 2.33. The Morgan fingerprint density at radius 1 is 1.41 bits per heavy atom. The Labute approximate surface area is 103 Å². The third-order valence-electron chi connectivity index (χ3n) is 4.07. The first-order valence-electron chi connectivity index (χ1n) is 6.56. The van der Waals surface area contributed by atoms with Crippen LogP contribution in [0.4, 0.5) is 0 Å². The van der Waals surface area contributed by atoms with E-state index in [2.05, 4.69) is 26.7 Å². The van der Waals surface area contributed by atoms with Crippen LogP contribution >= 0.6 is 0 Å². The van der Waals surface area contributed by atoms with E-state index in [9.17, 15) is 0 Å². The Hall–Kier alpha value is -1.00. The molecule has 2 saturated heterocycles. The van der Waals surface area contributed by atoms with E-state index in [-0.39, 0.29) is 0 Å². The van der Waals surface area contributed by atoms with Gasteiger partial charge in [0.25, 0.3) is 0 Å². The monoisotopic (exact) mass is 232 g/mol. The molecule has 4 heteroatoms. The van der Waals surface area contributed by atoms with Crippen LogP contribution < -0.4 is 0 Å². The molecule has 92 valence electrons. The van der Waals surface area contributed by atoms with Crippen molar-refractivity contribution < 1.29 is 0 Å². The van der Waals surface area contributed by atoms with Gasteiger partial charge in [-0.15, -0.1) is 0 Å². The third-order valence-corrected chi connectivity index (χ3v) is 4.07. The molecule has 0 aromatic carbocycles. The topological polar surface area (TPSA) is 32.3 Å². The molecule has 1 aromatic heterocycles. The van der Waals surface area contributed by atoms with Gasteiger partial charge in [-0.1, -0.05) is 0 Å². The van der Waals surface area contributed by atoms with Gasteiger partial charge in [-0.2, -0.15) is 0 Å². The molecule has 0 amide bonds. The second-order valence-corrected chi connectivity index (χ2v) is 5.27. The normalized spacial score (nSPS) is 30.4. The summed E-state index contributed by atoms with van der Waals surface area (Å²) in [6.45, 7) is 7.01. The summed E-state index contributed by atoms with van der Waals surface area (Å²) in [5.41, 5.74) is 1.14. The number of rotatable bonds is 2. The zero-order valence-electron chi connectivity index (χ0n) is 10.4. The van der Waals surface area contributed by atoms with Crippen molar-refractivity contribution in [1.82, 2.24) is 19.8 Å². The van der Waals surface area contributed by atoms with E-state index in [1.807, 2.05) is 12.3 Å². The molecule has 0 N–H and O–H groups in total. The minimum absolute atomic E-state index is 0.638. The van der Waals surface area contributed by atoms with Crippen molar-refractivity contribution in [2.45, 2.75) is 38.4 Å². The maximum atomic E-state index is 4.33. The SMILES string of the molecule is CC1CN2CCCC2CN1Cc1ccncn1. The van der Waals surface area contributed by atoms with Crippen LogP contribution in [0, 0.1) is 0 Å². The molecule has 0 bridgehead atoms.